The summed E-state index contributed by atoms with van der Waals surface area (Å²) >= 11 is 5.52. The smallest absolute Gasteiger partial charge is 0.337 e. The number of esters is 1. The van der Waals surface area contributed by atoms with E-state index in [2.05, 4.69) is 10.6 Å². The Bertz CT molecular complexity index is 794. The van der Waals surface area contributed by atoms with Crippen molar-refractivity contribution in [2.75, 3.05) is 19.0 Å². The van der Waals surface area contributed by atoms with Gasteiger partial charge in [-0.15, -0.1) is 0 Å². The van der Waals surface area contributed by atoms with E-state index < -0.39 is 11.5 Å². The van der Waals surface area contributed by atoms with Gasteiger partial charge in [-0.1, -0.05) is 39.8 Å². The second-order valence-electron chi connectivity index (χ2n) is 7.66. The van der Waals surface area contributed by atoms with Crippen LogP contribution in [-0.2, 0) is 14.3 Å². The minimum absolute atomic E-state index is 0.0563. The first-order chi connectivity index (χ1) is 13.1. The summed E-state index contributed by atoms with van der Waals surface area (Å²) in [6, 6.07) is 7.03. The van der Waals surface area contributed by atoms with Gasteiger partial charge < -0.3 is 20.3 Å². The molecule has 28 heavy (non-hydrogen) atoms. The lowest BCUT2D eigenvalue weighted by Crippen LogP contribution is -2.48. The molecule has 2 N–H and O–H groups in total. The minimum Gasteiger partial charge on any atom is -0.466 e. The Morgan fingerprint density at radius 3 is 2.29 bits per heavy atom. The molecule has 7 heteroatoms. The number of allylic oxidation sites excluding steroid dienone is 1. The summed E-state index contributed by atoms with van der Waals surface area (Å²) < 4.78 is 5.05. The van der Waals surface area contributed by atoms with E-state index in [1.165, 1.54) is 7.11 Å². The predicted molar refractivity (Wildman–Crippen MR) is 115 cm³/mol. The van der Waals surface area contributed by atoms with E-state index in [9.17, 15) is 9.59 Å². The summed E-state index contributed by atoms with van der Waals surface area (Å²) in [4.78, 5) is 26.7. The largest absolute Gasteiger partial charge is 0.466 e. The highest BCUT2D eigenvalue weighted by atomic mass is 32.1. The van der Waals surface area contributed by atoms with Crippen molar-refractivity contribution in [1.82, 2.24) is 10.2 Å². The van der Waals surface area contributed by atoms with E-state index in [-0.39, 0.29) is 11.9 Å². The molecule has 0 fully saturated rings. The van der Waals surface area contributed by atoms with Crippen LogP contribution in [0.5, 0.6) is 0 Å². The van der Waals surface area contributed by atoms with Crippen LogP contribution in [0.25, 0.3) is 0 Å². The third kappa shape index (κ3) is 4.52. The Labute approximate surface area is 172 Å². The number of amides is 1. The average molecular weight is 404 g/mol. The van der Waals surface area contributed by atoms with Crippen LogP contribution in [0.15, 0.2) is 35.5 Å². The zero-order valence-corrected chi connectivity index (χ0v) is 18.2. The first-order valence-electron chi connectivity index (χ1n) is 9.44. The fourth-order valence-electron chi connectivity index (χ4n) is 3.10. The van der Waals surface area contributed by atoms with Gasteiger partial charge in [0.25, 0.3) is 0 Å². The average Bonchev–Trinajstić information content (AvgIpc) is 2.66. The molecular weight excluding hydrogens is 374 g/mol. The third-order valence-corrected chi connectivity index (χ3v) is 5.02. The van der Waals surface area contributed by atoms with Crippen molar-refractivity contribution in [2.45, 2.75) is 47.1 Å². The molecular formula is C21H29N3O3S. The van der Waals surface area contributed by atoms with Gasteiger partial charge >= 0.3 is 5.97 Å². The Balaban J connectivity index is 2.40. The molecule has 6 nitrogen and oxygen atoms in total. The van der Waals surface area contributed by atoms with Gasteiger partial charge in [-0.25, -0.2) is 4.79 Å². The number of ether oxygens (including phenoxy) is 1. The van der Waals surface area contributed by atoms with Gasteiger partial charge in [0, 0.05) is 23.3 Å². The van der Waals surface area contributed by atoms with Crippen LogP contribution in [0.2, 0.25) is 0 Å². The first-order valence-corrected chi connectivity index (χ1v) is 9.85. The maximum absolute atomic E-state index is 12.6. The molecule has 0 aromatic heterocycles. The Hall–Kier alpha value is -2.41. The summed E-state index contributed by atoms with van der Waals surface area (Å²) in [5, 5.41) is 6.75. The number of hydrogen-bond acceptors (Lipinski definition) is 4. The summed E-state index contributed by atoms with van der Waals surface area (Å²) in [5.41, 5.74) is 2.53. The van der Waals surface area contributed by atoms with Crippen molar-refractivity contribution in [3.63, 3.8) is 0 Å². The highest BCUT2D eigenvalue weighted by Crippen LogP contribution is 2.33. The lowest BCUT2D eigenvalue weighted by molar-refractivity contribution is -0.136. The fraction of sp³-hybridized carbons (Fsp3) is 0.476. The SMILES string of the molecule is CCC1=C(C(=O)OC)C(c2ccc(NC(=O)C(C)(C)C)cc2)NC(=S)N1CC. The number of nitrogens with zero attached hydrogens (tertiary/aromatic N) is 1. The number of thiocarbonyl (C=S) groups is 1. The van der Waals surface area contributed by atoms with Gasteiger partial charge in [0.15, 0.2) is 5.11 Å². The van der Waals surface area contributed by atoms with E-state index in [0.29, 0.717) is 29.3 Å². The van der Waals surface area contributed by atoms with Crippen molar-refractivity contribution in [3.8, 4) is 0 Å². The van der Waals surface area contributed by atoms with Crippen molar-refractivity contribution in [1.29, 1.82) is 0 Å². The van der Waals surface area contributed by atoms with E-state index in [1.54, 1.807) is 0 Å². The topological polar surface area (TPSA) is 70.7 Å². The molecule has 0 aliphatic carbocycles. The monoisotopic (exact) mass is 403 g/mol. The fourth-order valence-corrected chi connectivity index (χ4v) is 3.45. The Morgan fingerprint density at radius 1 is 1.21 bits per heavy atom. The molecule has 0 bridgehead atoms. The van der Waals surface area contributed by atoms with Crippen LogP contribution < -0.4 is 10.6 Å². The van der Waals surface area contributed by atoms with E-state index in [0.717, 1.165) is 11.3 Å². The number of rotatable bonds is 5. The molecule has 0 radical (unpaired) electrons. The number of hydrogen-bond donors (Lipinski definition) is 2. The predicted octanol–water partition coefficient (Wildman–Crippen LogP) is 3.76. The molecule has 0 saturated carbocycles. The second kappa shape index (κ2) is 8.73. The molecule has 1 aromatic rings. The molecule has 2 rings (SSSR count). The maximum Gasteiger partial charge on any atom is 0.337 e. The summed E-state index contributed by atoms with van der Waals surface area (Å²) in [6.45, 7) is 10.2. The zero-order valence-electron chi connectivity index (χ0n) is 17.4. The molecule has 0 saturated heterocycles. The van der Waals surface area contributed by atoms with Gasteiger partial charge in [0.05, 0.1) is 18.7 Å². The lowest BCUT2D eigenvalue weighted by Gasteiger charge is -2.38. The zero-order chi connectivity index (χ0) is 21.1. The van der Waals surface area contributed by atoms with Gasteiger partial charge in [0.2, 0.25) is 5.91 Å². The van der Waals surface area contributed by atoms with Crippen LogP contribution in [-0.4, -0.2) is 35.5 Å². The Morgan fingerprint density at radius 2 is 1.82 bits per heavy atom. The van der Waals surface area contributed by atoms with Crippen LogP contribution in [0.1, 0.15) is 52.6 Å². The molecule has 1 aliphatic heterocycles. The third-order valence-electron chi connectivity index (χ3n) is 4.68. The Kier molecular flexibility index (Phi) is 6.82. The molecule has 1 amide bonds. The van der Waals surface area contributed by atoms with E-state index >= 15 is 0 Å². The summed E-state index contributed by atoms with van der Waals surface area (Å²) in [5.74, 6) is -0.431. The van der Waals surface area contributed by atoms with Crippen LogP contribution in [0.4, 0.5) is 5.69 Å². The van der Waals surface area contributed by atoms with Gasteiger partial charge in [-0.3, -0.25) is 4.79 Å². The number of benzene rings is 1. The van der Waals surface area contributed by atoms with Crippen molar-refractivity contribution < 1.29 is 14.3 Å². The number of nitrogens with one attached hydrogen (secondary N) is 2. The molecule has 0 spiro atoms. The standard InChI is InChI=1S/C21H29N3O3S/c1-7-15-16(18(25)27-6)17(23-20(28)24(15)8-2)13-9-11-14(12-10-13)22-19(26)21(3,4)5/h9-12,17H,7-8H2,1-6H3,(H,22,26)(H,23,28). The number of methoxy groups -OCH3 is 1. The normalized spacial score (nSPS) is 17.3. The first kappa shape index (κ1) is 21.9. The van der Waals surface area contributed by atoms with Crippen molar-refractivity contribution >= 4 is 34.9 Å². The van der Waals surface area contributed by atoms with Crippen molar-refractivity contribution in [2.24, 2.45) is 5.41 Å². The van der Waals surface area contributed by atoms with Gasteiger partial charge in [0.1, 0.15) is 0 Å². The number of carbonyl (C=O) groups is 2. The second-order valence-corrected chi connectivity index (χ2v) is 8.05. The van der Waals surface area contributed by atoms with Gasteiger partial charge in [-0.05, 0) is 43.3 Å². The number of carbonyl (C=O) groups excluding carboxylic acids is 2. The highest BCUT2D eigenvalue weighted by molar-refractivity contribution is 7.80. The van der Waals surface area contributed by atoms with Crippen LogP contribution in [0.3, 0.4) is 0 Å². The minimum atomic E-state index is -0.476. The summed E-state index contributed by atoms with van der Waals surface area (Å²) in [7, 11) is 1.38. The van der Waals surface area contributed by atoms with Crippen LogP contribution in [0, 0.1) is 5.41 Å². The van der Waals surface area contributed by atoms with Crippen LogP contribution >= 0.6 is 12.2 Å². The molecule has 152 valence electrons. The molecule has 1 heterocycles. The number of anilines is 1. The summed E-state index contributed by atoms with van der Waals surface area (Å²) in [6.07, 6.45) is 0.663. The van der Waals surface area contributed by atoms with Gasteiger partial charge in [-0.2, -0.15) is 0 Å². The van der Waals surface area contributed by atoms with Crippen molar-refractivity contribution in [3.05, 3.63) is 41.1 Å². The maximum atomic E-state index is 12.6. The van der Waals surface area contributed by atoms with E-state index in [1.807, 2.05) is 63.8 Å². The molecule has 1 aliphatic rings. The molecule has 1 unspecified atom stereocenters. The lowest BCUT2D eigenvalue weighted by atomic mass is 9.93. The molecule has 1 aromatic carbocycles. The molecule has 1 atom stereocenters. The highest BCUT2D eigenvalue weighted by Gasteiger charge is 2.35. The quantitative estimate of drug-likeness (QED) is 0.576. The van der Waals surface area contributed by atoms with E-state index in [4.69, 9.17) is 17.0 Å².